The molecule has 8 heteroatoms. The molecule has 0 aliphatic carbocycles. The predicted octanol–water partition coefficient (Wildman–Crippen LogP) is -0.0621. The first-order chi connectivity index (χ1) is 10.5. The Morgan fingerprint density at radius 2 is 2.23 bits per heavy atom. The number of hydrogen-bond donors (Lipinski definition) is 4. The minimum Gasteiger partial charge on any atom is -0.276 e. The summed E-state index contributed by atoms with van der Waals surface area (Å²) in [4.78, 5) is 33.9. The van der Waals surface area contributed by atoms with Crippen LogP contribution in [0.1, 0.15) is 24.0 Å². The van der Waals surface area contributed by atoms with Crippen molar-refractivity contribution in [3.8, 4) is 0 Å². The molecule has 1 aromatic carbocycles. The molecule has 0 aromatic heterocycles. The van der Waals surface area contributed by atoms with Gasteiger partial charge in [0.25, 0.3) is 0 Å². The Balaban J connectivity index is 1.74. The first-order valence-corrected chi connectivity index (χ1v) is 6.79. The molecule has 0 spiro atoms. The van der Waals surface area contributed by atoms with E-state index in [4.69, 9.17) is 0 Å². The highest BCUT2D eigenvalue weighted by Gasteiger charge is 2.25. The van der Waals surface area contributed by atoms with Crippen molar-refractivity contribution in [2.24, 2.45) is 5.10 Å². The van der Waals surface area contributed by atoms with E-state index in [1.165, 1.54) is 0 Å². The number of nitrogens with one attached hydrogen (secondary N) is 4. The first kappa shape index (κ1) is 15.6. The molecule has 1 atom stereocenters. The van der Waals surface area contributed by atoms with Crippen molar-refractivity contribution in [3.05, 3.63) is 35.4 Å². The van der Waals surface area contributed by atoms with E-state index in [2.05, 4.69) is 26.7 Å². The molecule has 2 rings (SSSR count). The summed E-state index contributed by atoms with van der Waals surface area (Å²) in [5, 5.41) is 5.97. The van der Waals surface area contributed by atoms with Gasteiger partial charge in [0.15, 0.2) is 0 Å². The van der Waals surface area contributed by atoms with Gasteiger partial charge in [0.1, 0.15) is 6.04 Å². The molecule has 8 nitrogen and oxygen atoms in total. The van der Waals surface area contributed by atoms with E-state index in [0.717, 1.165) is 11.1 Å². The standard InChI is InChI=1S/C14H17N5O3/c1-9-3-2-4-10(7-9)8-15-18-12(20)6-5-11-13(21)16-14(22)19-17-11/h2-4,7-8,11,17H,5-6H2,1H3,(H,18,20)(H2,16,19,21,22)/b15-8+. The fourth-order valence-corrected chi connectivity index (χ4v) is 1.91. The number of imide groups is 1. The maximum Gasteiger partial charge on any atom is 0.335 e. The van der Waals surface area contributed by atoms with E-state index in [0.29, 0.717) is 0 Å². The normalized spacial score (nSPS) is 18.0. The molecular weight excluding hydrogens is 286 g/mol. The second kappa shape index (κ2) is 7.32. The second-order valence-corrected chi connectivity index (χ2v) is 4.89. The van der Waals surface area contributed by atoms with Gasteiger partial charge < -0.3 is 0 Å². The Kier molecular flexibility index (Phi) is 5.21. The first-order valence-electron chi connectivity index (χ1n) is 6.79. The minimum absolute atomic E-state index is 0.103. The Hall–Kier alpha value is -2.74. The summed E-state index contributed by atoms with van der Waals surface area (Å²) in [5.41, 5.74) is 9.19. The van der Waals surface area contributed by atoms with Gasteiger partial charge in [-0.25, -0.2) is 15.6 Å². The SMILES string of the molecule is Cc1cccc(/C=N/NC(=O)CCC2NNC(=O)NC2=O)c1. The van der Waals surface area contributed by atoms with Gasteiger partial charge in [0.05, 0.1) is 6.21 Å². The molecule has 1 aliphatic rings. The van der Waals surface area contributed by atoms with Crippen molar-refractivity contribution < 1.29 is 14.4 Å². The monoisotopic (exact) mass is 303 g/mol. The molecule has 0 saturated carbocycles. The lowest BCUT2D eigenvalue weighted by atomic mass is 10.1. The number of aryl methyl sites for hydroxylation is 1. The highest BCUT2D eigenvalue weighted by molar-refractivity contribution is 5.99. The molecule has 1 fully saturated rings. The van der Waals surface area contributed by atoms with Gasteiger partial charge in [-0.05, 0) is 18.9 Å². The largest absolute Gasteiger partial charge is 0.335 e. The lowest BCUT2D eigenvalue weighted by molar-refractivity contribution is -0.124. The third kappa shape index (κ3) is 4.67. The van der Waals surface area contributed by atoms with Crippen LogP contribution in [-0.2, 0) is 9.59 Å². The molecule has 1 heterocycles. The molecule has 0 bridgehead atoms. The number of hydrazine groups is 1. The average Bonchev–Trinajstić information content (AvgIpc) is 2.46. The van der Waals surface area contributed by atoms with Crippen LogP contribution < -0.4 is 21.6 Å². The van der Waals surface area contributed by atoms with Crippen molar-refractivity contribution >= 4 is 24.1 Å². The summed E-state index contributed by atoms with van der Waals surface area (Å²) in [7, 11) is 0. The fraction of sp³-hybridized carbons (Fsp3) is 0.286. The number of amides is 4. The van der Waals surface area contributed by atoms with Gasteiger partial charge in [-0.3, -0.25) is 20.3 Å². The van der Waals surface area contributed by atoms with Gasteiger partial charge in [0, 0.05) is 6.42 Å². The van der Waals surface area contributed by atoms with Crippen molar-refractivity contribution in [2.45, 2.75) is 25.8 Å². The lowest BCUT2D eigenvalue weighted by Crippen LogP contribution is -2.62. The van der Waals surface area contributed by atoms with Crippen molar-refractivity contribution in [2.75, 3.05) is 0 Å². The molecule has 1 saturated heterocycles. The maximum absolute atomic E-state index is 11.6. The van der Waals surface area contributed by atoms with Crippen LogP contribution in [0.3, 0.4) is 0 Å². The summed E-state index contributed by atoms with van der Waals surface area (Å²) in [5.74, 6) is -0.768. The van der Waals surface area contributed by atoms with Gasteiger partial charge in [-0.2, -0.15) is 5.10 Å². The zero-order chi connectivity index (χ0) is 15.9. The lowest BCUT2D eigenvalue weighted by Gasteiger charge is -2.22. The highest BCUT2D eigenvalue weighted by Crippen LogP contribution is 2.01. The van der Waals surface area contributed by atoms with E-state index < -0.39 is 18.0 Å². The van der Waals surface area contributed by atoms with Crippen LogP contribution in [0.5, 0.6) is 0 Å². The van der Waals surface area contributed by atoms with E-state index >= 15 is 0 Å². The number of urea groups is 1. The minimum atomic E-state index is -0.635. The number of hydrazone groups is 1. The molecule has 1 unspecified atom stereocenters. The van der Waals surface area contributed by atoms with E-state index in [1.54, 1.807) is 6.21 Å². The van der Waals surface area contributed by atoms with Crippen molar-refractivity contribution in [1.82, 2.24) is 21.6 Å². The average molecular weight is 303 g/mol. The molecular formula is C14H17N5O3. The van der Waals surface area contributed by atoms with Gasteiger partial charge in [-0.1, -0.05) is 29.8 Å². The Labute approximate surface area is 127 Å². The summed E-state index contributed by atoms with van der Waals surface area (Å²) in [6, 6.07) is 6.45. The zero-order valence-electron chi connectivity index (χ0n) is 12.1. The van der Waals surface area contributed by atoms with E-state index in [-0.39, 0.29) is 18.7 Å². The highest BCUT2D eigenvalue weighted by atomic mass is 16.2. The number of carbonyl (C=O) groups excluding carboxylic acids is 3. The van der Waals surface area contributed by atoms with E-state index in [1.807, 2.05) is 31.2 Å². The number of rotatable bonds is 5. The molecule has 116 valence electrons. The van der Waals surface area contributed by atoms with Crippen LogP contribution in [0.15, 0.2) is 29.4 Å². The van der Waals surface area contributed by atoms with E-state index in [9.17, 15) is 14.4 Å². The summed E-state index contributed by atoms with van der Waals surface area (Å²) >= 11 is 0. The summed E-state index contributed by atoms with van der Waals surface area (Å²) in [6.45, 7) is 1.97. The molecule has 22 heavy (non-hydrogen) atoms. The summed E-state index contributed by atoms with van der Waals surface area (Å²) in [6.07, 6.45) is 1.90. The van der Waals surface area contributed by atoms with Crippen LogP contribution in [0.25, 0.3) is 0 Å². The predicted molar refractivity (Wildman–Crippen MR) is 79.7 cm³/mol. The molecule has 4 N–H and O–H groups in total. The Bertz CT molecular complexity index is 614. The molecule has 4 amide bonds. The molecule has 1 aromatic rings. The van der Waals surface area contributed by atoms with Gasteiger partial charge in [0.2, 0.25) is 11.8 Å². The molecule has 1 aliphatic heterocycles. The van der Waals surface area contributed by atoms with Gasteiger partial charge in [-0.15, -0.1) is 0 Å². The van der Waals surface area contributed by atoms with Crippen LogP contribution >= 0.6 is 0 Å². The van der Waals surface area contributed by atoms with Gasteiger partial charge >= 0.3 is 6.03 Å². The Morgan fingerprint density at radius 3 is 2.95 bits per heavy atom. The molecule has 0 radical (unpaired) electrons. The third-order valence-corrected chi connectivity index (χ3v) is 3.02. The maximum atomic E-state index is 11.6. The number of nitrogens with zero attached hydrogens (tertiary/aromatic N) is 1. The topological polar surface area (TPSA) is 112 Å². The Morgan fingerprint density at radius 1 is 1.41 bits per heavy atom. The number of hydrogen-bond acceptors (Lipinski definition) is 5. The quantitative estimate of drug-likeness (QED) is 0.451. The zero-order valence-corrected chi connectivity index (χ0v) is 12.1. The summed E-state index contributed by atoms with van der Waals surface area (Å²) < 4.78 is 0. The number of carbonyl (C=O) groups is 3. The van der Waals surface area contributed by atoms with Crippen LogP contribution in [0, 0.1) is 6.92 Å². The van der Waals surface area contributed by atoms with Crippen molar-refractivity contribution in [1.29, 1.82) is 0 Å². The van der Waals surface area contributed by atoms with Crippen LogP contribution in [0.4, 0.5) is 4.79 Å². The fourth-order valence-electron chi connectivity index (χ4n) is 1.91. The van der Waals surface area contributed by atoms with Crippen LogP contribution in [0.2, 0.25) is 0 Å². The van der Waals surface area contributed by atoms with Crippen molar-refractivity contribution in [3.63, 3.8) is 0 Å². The smallest absolute Gasteiger partial charge is 0.276 e. The number of benzene rings is 1. The van der Waals surface area contributed by atoms with Crippen LogP contribution in [-0.4, -0.2) is 30.1 Å². The third-order valence-electron chi connectivity index (χ3n) is 3.02. The second-order valence-electron chi connectivity index (χ2n) is 4.89.